The van der Waals surface area contributed by atoms with E-state index in [9.17, 15) is 65.3 Å². The van der Waals surface area contributed by atoms with Gasteiger partial charge in [0, 0.05) is 10.8 Å². The van der Waals surface area contributed by atoms with Gasteiger partial charge in [-0.1, -0.05) is 0 Å². The molecule has 0 radical (unpaired) electrons. The first-order valence-electron chi connectivity index (χ1n) is 6.79. The zero-order valence-corrected chi connectivity index (χ0v) is 16.8. The van der Waals surface area contributed by atoms with Gasteiger partial charge in [-0.2, -0.15) is 52.7 Å². The first-order valence-corrected chi connectivity index (χ1v) is 11.2. The van der Waals surface area contributed by atoms with Gasteiger partial charge in [-0.15, -0.1) is 22.7 Å². The highest BCUT2D eigenvalue weighted by Crippen LogP contribution is 2.53. The van der Waals surface area contributed by atoms with Crippen molar-refractivity contribution in [3.05, 3.63) is 21.9 Å². The smallest absolute Gasteiger partial charge is 0.245 e. The Morgan fingerprint density at radius 3 is 1.61 bits per heavy atom. The van der Waals surface area contributed by atoms with E-state index in [1.165, 1.54) is 0 Å². The minimum Gasteiger partial charge on any atom is -0.245 e. The molecule has 0 amide bonds. The average Bonchev–Trinajstić information content (AvgIpc) is 3.15. The third-order valence-electron chi connectivity index (χ3n) is 3.28. The Hall–Kier alpha value is -1.34. The molecule has 2 aromatic rings. The quantitative estimate of drug-likeness (QED) is 0.414. The number of alkyl halides is 12. The number of halogens is 12. The zero-order valence-electron chi connectivity index (χ0n) is 13.5. The van der Waals surface area contributed by atoms with E-state index in [-0.39, 0.29) is 10.8 Å². The van der Waals surface area contributed by atoms with Crippen LogP contribution >= 0.6 is 22.7 Å². The van der Waals surface area contributed by atoms with Crippen LogP contribution in [-0.4, -0.2) is 23.6 Å². The predicted octanol–water partition coefficient (Wildman–Crippen LogP) is 6.44. The minimum atomic E-state index is -6.90. The van der Waals surface area contributed by atoms with E-state index >= 15 is 0 Å². The topological polar surface area (TPSA) is 51.2 Å². The van der Waals surface area contributed by atoms with Crippen LogP contribution in [0.15, 0.2) is 20.6 Å². The molecule has 0 aliphatic heterocycles. The average molecular weight is 550 g/mol. The normalized spacial score (nSPS) is 15.4. The lowest BCUT2D eigenvalue weighted by molar-refractivity contribution is -0.139. The van der Waals surface area contributed by atoms with Crippen molar-refractivity contribution in [2.24, 2.45) is 0 Å². The monoisotopic (exact) mass is 550 g/mol. The Bertz CT molecular complexity index is 1110. The van der Waals surface area contributed by atoms with Crippen LogP contribution in [0.25, 0.3) is 9.75 Å². The van der Waals surface area contributed by atoms with Crippen LogP contribution in [0.5, 0.6) is 0 Å². The largest absolute Gasteiger partial charge is 0.501 e. The highest BCUT2D eigenvalue weighted by Gasteiger charge is 2.54. The number of rotatable bonds is 3. The van der Waals surface area contributed by atoms with E-state index in [1.807, 2.05) is 0 Å². The van der Waals surface area contributed by atoms with Gasteiger partial charge >= 0.3 is 23.4 Å². The highest BCUT2D eigenvalue weighted by molar-refractivity contribution is 7.92. The second-order valence-corrected chi connectivity index (χ2v) is 10.3. The molecule has 0 aromatic carbocycles. The fourth-order valence-corrected chi connectivity index (χ4v) is 7.08. The van der Waals surface area contributed by atoms with Crippen molar-refractivity contribution in [3.63, 3.8) is 0 Å². The summed E-state index contributed by atoms with van der Waals surface area (Å²) < 4.78 is 191. The molecule has 0 spiro atoms. The van der Waals surface area contributed by atoms with Crippen molar-refractivity contribution in [3.8, 4) is 9.75 Å². The third-order valence-corrected chi connectivity index (χ3v) is 8.40. The number of hydrogen-bond acceptors (Lipinski definition) is 5. The highest BCUT2D eigenvalue weighted by atomic mass is 32.2. The summed E-state index contributed by atoms with van der Waals surface area (Å²) in [5.41, 5.74) is -17.0. The standard InChI is InChI=1S/C12H2F12O3S4/c13-9(14,15)3-1-28-7(8(3)31(26,27)12(22,23)24)6-5(10(16,17)18)4(2-29-6)30(25)11(19,20)21/h1-2H. The minimum absolute atomic E-state index is 0.0290. The molecule has 0 saturated heterocycles. The second-order valence-electron chi connectivity index (χ2n) is 5.27. The zero-order chi connectivity index (χ0) is 24.4. The molecule has 2 rings (SSSR count). The van der Waals surface area contributed by atoms with Crippen molar-refractivity contribution < 1.29 is 65.3 Å². The maximum absolute atomic E-state index is 13.4. The lowest BCUT2D eigenvalue weighted by atomic mass is 10.2. The number of thiophene rings is 2. The molecule has 19 heteroatoms. The predicted molar refractivity (Wildman–Crippen MR) is 83.3 cm³/mol. The summed E-state index contributed by atoms with van der Waals surface area (Å²) in [5.74, 6) is 0. The molecule has 1 unspecified atom stereocenters. The Kier molecular flexibility index (Phi) is 6.37. The summed E-state index contributed by atoms with van der Waals surface area (Å²) in [5, 5.41) is -0.243. The maximum Gasteiger partial charge on any atom is 0.501 e. The molecule has 0 aliphatic rings. The SMILES string of the molecule is O=S(c1csc(-c2scc(C(F)(F)F)c2S(=O)(=O)C(F)(F)F)c1C(F)(F)F)C(F)(F)F. The van der Waals surface area contributed by atoms with Gasteiger partial charge in [0.25, 0.3) is 9.84 Å². The van der Waals surface area contributed by atoms with Crippen LogP contribution in [0.1, 0.15) is 11.1 Å². The maximum atomic E-state index is 13.4. The molecule has 0 N–H and O–H groups in total. The van der Waals surface area contributed by atoms with Gasteiger partial charge < -0.3 is 0 Å². The molecule has 0 bridgehead atoms. The lowest BCUT2D eigenvalue weighted by Crippen LogP contribution is -2.26. The van der Waals surface area contributed by atoms with Crippen molar-refractivity contribution in [2.45, 2.75) is 33.2 Å². The Labute approximate surface area is 173 Å². The summed E-state index contributed by atoms with van der Waals surface area (Å²) in [7, 11) is -11.3. The molecular weight excluding hydrogens is 548 g/mol. The molecule has 176 valence electrons. The lowest BCUT2D eigenvalue weighted by Gasteiger charge is -2.15. The van der Waals surface area contributed by atoms with Crippen LogP contribution in [-0.2, 0) is 33.0 Å². The molecule has 0 saturated carbocycles. The van der Waals surface area contributed by atoms with Gasteiger partial charge in [0.2, 0.25) is 0 Å². The summed E-state index contributed by atoms with van der Waals surface area (Å²) >= 11 is -0.943. The Morgan fingerprint density at radius 2 is 1.23 bits per heavy atom. The summed E-state index contributed by atoms with van der Waals surface area (Å²) in [4.78, 5) is -8.01. The van der Waals surface area contributed by atoms with E-state index in [1.54, 1.807) is 0 Å². The van der Waals surface area contributed by atoms with E-state index in [4.69, 9.17) is 0 Å². The van der Waals surface area contributed by atoms with Crippen LogP contribution < -0.4 is 0 Å². The number of sulfone groups is 1. The van der Waals surface area contributed by atoms with Crippen molar-refractivity contribution in [2.75, 3.05) is 0 Å². The van der Waals surface area contributed by atoms with Gasteiger partial charge in [-0.3, -0.25) is 0 Å². The first kappa shape index (κ1) is 25.9. The molecule has 1 atom stereocenters. The molecule has 3 nitrogen and oxygen atoms in total. The Balaban J connectivity index is 2.99. The molecule has 2 aromatic heterocycles. The van der Waals surface area contributed by atoms with Crippen LogP contribution in [0.2, 0.25) is 0 Å². The third kappa shape index (κ3) is 4.72. The van der Waals surface area contributed by atoms with E-state index in [0.717, 1.165) is 0 Å². The van der Waals surface area contributed by atoms with Crippen molar-refractivity contribution >= 4 is 43.3 Å². The van der Waals surface area contributed by atoms with Gasteiger partial charge in [0.1, 0.15) is 4.90 Å². The fourth-order valence-electron chi connectivity index (χ4n) is 2.12. The first-order chi connectivity index (χ1) is 13.6. The summed E-state index contributed by atoms with van der Waals surface area (Å²) in [6, 6.07) is 0. The van der Waals surface area contributed by atoms with Crippen molar-refractivity contribution in [1.29, 1.82) is 0 Å². The van der Waals surface area contributed by atoms with Gasteiger partial charge in [0.05, 0.1) is 25.8 Å². The van der Waals surface area contributed by atoms with Crippen molar-refractivity contribution in [1.82, 2.24) is 0 Å². The van der Waals surface area contributed by atoms with E-state index in [0.29, 0.717) is 0 Å². The molecule has 2 heterocycles. The van der Waals surface area contributed by atoms with E-state index < -0.39 is 97.4 Å². The van der Waals surface area contributed by atoms with Crippen LogP contribution in [0.3, 0.4) is 0 Å². The molecule has 0 fully saturated rings. The Morgan fingerprint density at radius 1 is 0.742 bits per heavy atom. The number of hydrogen-bond donors (Lipinski definition) is 0. The van der Waals surface area contributed by atoms with E-state index in [2.05, 4.69) is 0 Å². The second kappa shape index (κ2) is 7.62. The fraction of sp³-hybridized carbons (Fsp3) is 0.333. The molecule has 31 heavy (non-hydrogen) atoms. The molecular formula is C12H2F12O3S4. The van der Waals surface area contributed by atoms with Crippen LogP contribution in [0, 0.1) is 0 Å². The van der Waals surface area contributed by atoms with Gasteiger partial charge in [-0.25, -0.2) is 12.6 Å². The van der Waals surface area contributed by atoms with Crippen LogP contribution in [0.4, 0.5) is 52.7 Å². The summed E-state index contributed by atoms with van der Waals surface area (Å²) in [6.07, 6.45) is -11.6. The molecule has 0 aliphatic carbocycles. The summed E-state index contributed by atoms with van der Waals surface area (Å²) in [6.45, 7) is 0. The van der Waals surface area contributed by atoms with Gasteiger partial charge in [-0.05, 0) is 0 Å². The van der Waals surface area contributed by atoms with Gasteiger partial charge in [0.15, 0.2) is 10.8 Å².